The standard InChI is InChI=1S/C18H17BrO3/c1-13-3-9-17(21-2)15(11-13)12-22-18(20)10-6-14-4-7-16(19)8-5-14/h3-11H,12H2,1-2H3/b10-6+. The van der Waals surface area contributed by atoms with Crippen molar-refractivity contribution in [1.82, 2.24) is 0 Å². The molecule has 0 aromatic heterocycles. The molecule has 0 saturated carbocycles. The molecule has 114 valence electrons. The molecule has 4 heteroatoms. The van der Waals surface area contributed by atoms with E-state index < -0.39 is 0 Å². The van der Waals surface area contributed by atoms with Gasteiger partial charge in [0.15, 0.2) is 0 Å². The first kappa shape index (κ1) is 16.3. The number of benzene rings is 2. The van der Waals surface area contributed by atoms with E-state index >= 15 is 0 Å². The number of carbonyl (C=O) groups excluding carboxylic acids is 1. The van der Waals surface area contributed by atoms with Gasteiger partial charge in [-0.1, -0.05) is 39.7 Å². The van der Waals surface area contributed by atoms with Crippen LogP contribution in [0.2, 0.25) is 0 Å². The zero-order valence-electron chi connectivity index (χ0n) is 12.5. The summed E-state index contributed by atoms with van der Waals surface area (Å²) < 4.78 is 11.5. The monoisotopic (exact) mass is 360 g/mol. The van der Waals surface area contributed by atoms with E-state index in [1.165, 1.54) is 6.08 Å². The van der Waals surface area contributed by atoms with Crippen molar-refractivity contribution in [2.24, 2.45) is 0 Å². The predicted molar refractivity (Wildman–Crippen MR) is 90.7 cm³/mol. The number of hydrogen-bond acceptors (Lipinski definition) is 3. The second kappa shape index (κ2) is 7.80. The average molecular weight is 361 g/mol. The molecule has 0 bridgehead atoms. The van der Waals surface area contributed by atoms with Gasteiger partial charge in [-0.15, -0.1) is 0 Å². The van der Waals surface area contributed by atoms with E-state index in [1.807, 2.05) is 49.4 Å². The van der Waals surface area contributed by atoms with Crippen molar-refractivity contribution in [3.8, 4) is 5.75 Å². The van der Waals surface area contributed by atoms with E-state index in [0.29, 0.717) is 0 Å². The van der Waals surface area contributed by atoms with Gasteiger partial charge in [-0.2, -0.15) is 0 Å². The molecule has 0 fully saturated rings. The lowest BCUT2D eigenvalue weighted by molar-refractivity contribution is -0.138. The molecule has 0 radical (unpaired) electrons. The first-order chi connectivity index (χ1) is 10.6. The first-order valence-corrected chi connectivity index (χ1v) is 7.61. The summed E-state index contributed by atoms with van der Waals surface area (Å²) in [6.45, 7) is 2.17. The third kappa shape index (κ3) is 4.74. The zero-order chi connectivity index (χ0) is 15.9. The number of rotatable bonds is 5. The fourth-order valence-corrected chi connectivity index (χ4v) is 2.22. The molecular formula is C18H17BrO3. The van der Waals surface area contributed by atoms with Crippen molar-refractivity contribution in [1.29, 1.82) is 0 Å². The highest BCUT2D eigenvalue weighted by Crippen LogP contribution is 2.20. The van der Waals surface area contributed by atoms with E-state index in [1.54, 1.807) is 13.2 Å². The maximum atomic E-state index is 11.8. The van der Waals surface area contributed by atoms with E-state index in [-0.39, 0.29) is 12.6 Å². The van der Waals surface area contributed by atoms with Crippen LogP contribution < -0.4 is 4.74 Å². The summed E-state index contributed by atoms with van der Waals surface area (Å²) in [6.07, 6.45) is 3.15. The van der Waals surface area contributed by atoms with Gasteiger partial charge in [0.1, 0.15) is 12.4 Å². The second-order valence-electron chi connectivity index (χ2n) is 4.81. The molecule has 0 atom stereocenters. The minimum atomic E-state index is -0.383. The first-order valence-electron chi connectivity index (χ1n) is 6.82. The molecule has 22 heavy (non-hydrogen) atoms. The van der Waals surface area contributed by atoms with Crippen molar-refractivity contribution >= 4 is 28.0 Å². The number of ether oxygens (including phenoxy) is 2. The Morgan fingerprint density at radius 1 is 1.18 bits per heavy atom. The van der Waals surface area contributed by atoms with E-state index in [0.717, 1.165) is 26.9 Å². The van der Waals surface area contributed by atoms with Crippen molar-refractivity contribution in [3.05, 3.63) is 69.7 Å². The highest BCUT2D eigenvalue weighted by Gasteiger charge is 2.05. The Morgan fingerprint density at radius 2 is 1.91 bits per heavy atom. The second-order valence-corrected chi connectivity index (χ2v) is 5.72. The van der Waals surface area contributed by atoms with Gasteiger partial charge in [0.25, 0.3) is 0 Å². The lowest BCUT2D eigenvalue weighted by atomic mass is 10.1. The van der Waals surface area contributed by atoms with Crippen LogP contribution in [0.1, 0.15) is 16.7 Å². The lowest BCUT2D eigenvalue weighted by Gasteiger charge is -2.09. The molecule has 0 aliphatic carbocycles. The third-order valence-electron chi connectivity index (χ3n) is 3.09. The van der Waals surface area contributed by atoms with Gasteiger partial charge in [-0.05, 0) is 42.8 Å². The van der Waals surface area contributed by atoms with Crippen molar-refractivity contribution in [3.63, 3.8) is 0 Å². The number of halogens is 1. The highest BCUT2D eigenvalue weighted by atomic mass is 79.9. The number of hydrogen-bond donors (Lipinski definition) is 0. The average Bonchev–Trinajstić information content (AvgIpc) is 2.52. The molecule has 0 amide bonds. The van der Waals surface area contributed by atoms with E-state index in [2.05, 4.69) is 15.9 Å². The molecule has 2 aromatic carbocycles. The quantitative estimate of drug-likeness (QED) is 0.580. The minimum Gasteiger partial charge on any atom is -0.496 e. The fraction of sp³-hybridized carbons (Fsp3) is 0.167. The maximum Gasteiger partial charge on any atom is 0.331 e. The van der Waals surface area contributed by atoms with Crippen molar-refractivity contribution < 1.29 is 14.3 Å². The molecule has 0 N–H and O–H groups in total. The van der Waals surface area contributed by atoms with Gasteiger partial charge >= 0.3 is 5.97 Å². The van der Waals surface area contributed by atoms with Crippen LogP contribution in [-0.2, 0) is 16.1 Å². The predicted octanol–water partition coefficient (Wildman–Crippen LogP) is 4.52. The Bertz CT molecular complexity index is 675. The van der Waals surface area contributed by atoms with Gasteiger partial charge < -0.3 is 9.47 Å². The summed E-state index contributed by atoms with van der Waals surface area (Å²) >= 11 is 3.37. The highest BCUT2D eigenvalue weighted by molar-refractivity contribution is 9.10. The van der Waals surface area contributed by atoms with Crippen LogP contribution in [0.4, 0.5) is 0 Å². The number of methoxy groups -OCH3 is 1. The van der Waals surface area contributed by atoms with Gasteiger partial charge in [-0.25, -0.2) is 4.79 Å². The molecule has 0 spiro atoms. The molecule has 0 unspecified atom stereocenters. The maximum absolute atomic E-state index is 11.8. The smallest absolute Gasteiger partial charge is 0.331 e. The molecule has 0 saturated heterocycles. The number of carbonyl (C=O) groups is 1. The topological polar surface area (TPSA) is 35.5 Å². The van der Waals surface area contributed by atoms with Gasteiger partial charge in [0, 0.05) is 16.1 Å². The van der Waals surface area contributed by atoms with Crippen molar-refractivity contribution in [2.75, 3.05) is 7.11 Å². The molecule has 0 aliphatic heterocycles. The van der Waals surface area contributed by atoms with Gasteiger partial charge in [0.2, 0.25) is 0 Å². The fourth-order valence-electron chi connectivity index (χ4n) is 1.96. The third-order valence-corrected chi connectivity index (χ3v) is 3.62. The normalized spacial score (nSPS) is 10.7. The molecule has 3 nitrogen and oxygen atoms in total. The Labute approximate surface area is 138 Å². The summed E-state index contributed by atoms with van der Waals surface area (Å²) in [5.74, 6) is 0.335. The van der Waals surface area contributed by atoms with Crippen LogP contribution in [0, 0.1) is 6.92 Å². The summed E-state index contributed by atoms with van der Waals surface area (Å²) in [6, 6.07) is 13.4. The number of aryl methyl sites for hydroxylation is 1. The molecule has 0 heterocycles. The minimum absolute atomic E-state index is 0.189. The zero-order valence-corrected chi connectivity index (χ0v) is 14.1. The van der Waals surface area contributed by atoms with Crippen LogP contribution in [-0.4, -0.2) is 13.1 Å². The lowest BCUT2D eigenvalue weighted by Crippen LogP contribution is -2.02. The van der Waals surface area contributed by atoms with E-state index in [4.69, 9.17) is 9.47 Å². The van der Waals surface area contributed by atoms with Crippen LogP contribution in [0.5, 0.6) is 5.75 Å². The summed E-state index contributed by atoms with van der Waals surface area (Å²) in [5, 5.41) is 0. The van der Waals surface area contributed by atoms with Crippen LogP contribution >= 0.6 is 15.9 Å². The summed E-state index contributed by atoms with van der Waals surface area (Å²) in [4.78, 5) is 11.8. The summed E-state index contributed by atoms with van der Waals surface area (Å²) in [5.41, 5.74) is 2.89. The van der Waals surface area contributed by atoms with Gasteiger partial charge in [-0.3, -0.25) is 0 Å². The summed E-state index contributed by atoms with van der Waals surface area (Å²) in [7, 11) is 1.60. The van der Waals surface area contributed by atoms with E-state index in [9.17, 15) is 4.79 Å². The van der Waals surface area contributed by atoms with Crippen LogP contribution in [0.3, 0.4) is 0 Å². The molecule has 2 aromatic rings. The molecule has 0 aliphatic rings. The Morgan fingerprint density at radius 3 is 2.59 bits per heavy atom. The van der Waals surface area contributed by atoms with Crippen LogP contribution in [0.15, 0.2) is 53.0 Å². The molecular weight excluding hydrogens is 344 g/mol. The van der Waals surface area contributed by atoms with Gasteiger partial charge in [0.05, 0.1) is 7.11 Å². The van der Waals surface area contributed by atoms with Crippen molar-refractivity contribution in [2.45, 2.75) is 13.5 Å². The Hall–Kier alpha value is -2.07. The van der Waals surface area contributed by atoms with Crippen LogP contribution in [0.25, 0.3) is 6.08 Å². The Kier molecular flexibility index (Phi) is 5.78. The SMILES string of the molecule is COc1ccc(C)cc1COC(=O)/C=C/c1ccc(Br)cc1. The number of esters is 1. The molecule has 2 rings (SSSR count). The Balaban J connectivity index is 1.95. The largest absolute Gasteiger partial charge is 0.496 e.